The zero-order valence-electron chi connectivity index (χ0n) is 14.0. The maximum Gasteiger partial charge on any atom is 0.116 e. The summed E-state index contributed by atoms with van der Waals surface area (Å²) in [6.07, 6.45) is 0.746. The highest BCUT2D eigenvalue weighted by Gasteiger charge is 2.36. The number of nitrogens with zero attached hydrogens (tertiary/aromatic N) is 1. The normalized spacial score (nSPS) is 20.0. The van der Waals surface area contributed by atoms with Crippen LogP contribution in [0.4, 0.5) is 0 Å². The Balaban J connectivity index is 1.76. The third kappa shape index (κ3) is 2.40. The zero-order valence-corrected chi connectivity index (χ0v) is 14.8. The molecule has 0 saturated carbocycles. The van der Waals surface area contributed by atoms with Crippen molar-refractivity contribution in [1.82, 2.24) is 4.57 Å². The highest BCUT2D eigenvalue weighted by molar-refractivity contribution is 7.99. The molecule has 3 aromatic rings. The first-order valence-corrected chi connectivity index (χ1v) is 9.29. The molecule has 1 unspecified atom stereocenters. The van der Waals surface area contributed by atoms with Crippen LogP contribution in [-0.2, 0) is 5.60 Å². The van der Waals surface area contributed by atoms with Crippen molar-refractivity contribution >= 4 is 11.8 Å². The summed E-state index contributed by atoms with van der Waals surface area (Å²) >= 11 is 1.83. The van der Waals surface area contributed by atoms with Crippen LogP contribution in [0.15, 0.2) is 65.6 Å². The summed E-state index contributed by atoms with van der Waals surface area (Å²) in [5.41, 5.74) is 4.70. The average molecular weight is 335 g/mol. The molecule has 0 bridgehead atoms. The van der Waals surface area contributed by atoms with Crippen molar-refractivity contribution in [2.75, 3.05) is 5.75 Å². The molecule has 4 rings (SSSR count). The Bertz CT molecular complexity index is 862. The molecule has 3 heteroatoms. The molecule has 2 nitrogen and oxygen atoms in total. The maximum absolute atomic E-state index is 11.4. The Labute approximate surface area is 147 Å². The lowest BCUT2D eigenvalue weighted by atomic mass is 9.83. The van der Waals surface area contributed by atoms with Gasteiger partial charge < -0.3 is 9.67 Å². The van der Waals surface area contributed by atoms with E-state index in [1.54, 1.807) is 0 Å². The molecule has 1 N–H and O–H groups in total. The van der Waals surface area contributed by atoms with Gasteiger partial charge in [0, 0.05) is 33.3 Å². The number of hydrogen-bond acceptors (Lipinski definition) is 2. The fraction of sp³-hybridized carbons (Fsp3) is 0.238. The Morgan fingerprint density at radius 3 is 2.29 bits per heavy atom. The summed E-state index contributed by atoms with van der Waals surface area (Å²) in [7, 11) is 0. The minimum atomic E-state index is -0.888. The Morgan fingerprint density at radius 1 is 0.917 bits per heavy atom. The molecule has 0 saturated heterocycles. The quantitative estimate of drug-likeness (QED) is 0.726. The summed E-state index contributed by atoms with van der Waals surface area (Å²) in [6.45, 7) is 4.23. The van der Waals surface area contributed by atoms with E-state index in [-0.39, 0.29) is 0 Å². The third-order valence-corrected chi connectivity index (χ3v) is 6.00. The standard InChI is InChI=1S/C21H21NOS/c1-15-7-8-16(2)22(15)18-11-9-17(10-12-18)21(23)13-14-24-20-6-4-3-5-19(20)21/h3-12,23H,13-14H2,1-2H3. The van der Waals surface area contributed by atoms with Crippen LogP contribution in [0.5, 0.6) is 0 Å². The summed E-state index contributed by atoms with van der Waals surface area (Å²) in [4.78, 5) is 1.19. The molecule has 0 radical (unpaired) electrons. The van der Waals surface area contributed by atoms with Crippen LogP contribution < -0.4 is 0 Å². The van der Waals surface area contributed by atoms with Crippen LogP contribution >= 0.6 is 11.8 Å². The van der Waals surface area contributed by atoms with Gasteiger partial charge in [0.1, 0.15) is 5.60 Å². The number of aromatic nitrogens is 1. The molecular weight excluding hydrogens is 314 g/mol. The second kappa shape index (κ2) is 5.83. The molecule has 1 aliphatic rings. The van der Waals surface area contributed by atoms with Gasteiger partial charge in [0.15, 0.2) is 0 Å². The van der Waals surface area contributed by atoms with E-state index in [1.165, 1.54) is 16.3 Å². The second-order valence-corrected chi connectivity index (χ2v) is 7.59. The molecule has 2 aromatic carbocycles. The number of hydrogen-bond donors (Lipinski definition) is 1. The summed E-state index contributed by atoms with van der Waals surface area (Å²) in [6, 6.07) is 20.8. The van der Waals surface area contributed by atoms with Gasteiger partial charge in [-0.2, -0.15) is 0 Å². The number of rotatable bonds is 2. The fourth-order valence-electron chi connectivity index (χ4n) is 3.64. The van der Waals surface area contributed by atoms with Crippen LogP contribution in [0.2, 0.25) is 0 Å². The first-order chi connectivity index (χ1) is 11.6. The number of thioether (sulfide) groups is 1. The first-order valence-electron chi connectivity index (χ1n) is 8.30. The van der Waals surface area contributed by atoms with Crippen LogP contribution in [0.3, 0.4) is 0 Å². The van der Waals surface area contributed by atoms with Crippen molar-refractivity contribution in [1.29, 1.82) is 0 Å². The van der Waals surface area contributed by atoms with E-state index in [9.17, 15) is 5.11 Å². The van der Waals surface area contributed by atoms with E-state index >= 15 is 0 Å². The molecule has 24 heavy (non-hydrogen) atoms. The van der Waals surface area contributed by atoms with E-state index in [0.29, 0.717) is 0 Å². The molecule has 1 aromatic heterocycles. The van der Waals surface area contributed by atoms with Crippen molar-refractivity contribution < 1.29 is 5.11 Å². The van der Waals surface area contributed by atoms with E-state index in [1.807, 2.05) is 23.9 Å². The van der Waals surface area contributed by atoms with Crippen molar-refractivity contribution in [3.8, 4) is 5.69 Å². The molecule has 1 aliphatic heterocycles. The number of benzene rings is 2. The zero-order chi connectivity index (χ0) is 16.7. The number of fused-ring (bicyclic) bond motifs is 1. The topological polar surface area (TPSA) is 25.2 Å². The maximum atomic E-state index is 11.4. The highest BCUT2D eigenvalue weighted by atomic mass is 32.2. The fourth-order valence-corrected chi connectivity index (χ4v) is 4.82. The molecule has 122 valence electrons. The first kappa shape index (κ1) is 15.6. The minimum absolute atomic E-state index is 0.746. The van der Waals surface area contributed by atoms with Gasteiger partial charge in [-0.25, -0.2) is 0 Å². The largest absolute Gasteiger partial charge is 0.380 e. The van der Waals surface area contributed by atoms with Crippen molar-refractivity contribution in [2.24, 2.45) is 0 Å². The van der Waals surface area contributed by atoms with Gasteiger partial charge in [0.25, 0.3) is 0 Å². The predicted octanol–water partition coefficient (Wildman–Crippen LogP) is 4.83. The lowest BCUT2D eigenvalue weighted by Gasteiger charge is -2.34. The summed E-state index contributed by atoms with van der Waals surface area (Å²) < 4.78 is 2.23. The van der Waals surface area contributed by atoms with Crippen LogP contribution in [-0.4, -0.2) is 15.4 Å². The van der Waals surface area contributed by atoms with Crippen LogP contribution in [0, 0.1) is 13.8 Å². The van der Waals surface area contributed by atoms with Gasteiger partial charge >= 0.3 is 0 Å². The van der Waals surface area contributed by atoms with E-state index < -0.39 is 5.60 Å². The van der Waals surface area contributed by atoms with Gasteiger partial charge in [-0.15, -0.1) is 11.8 Å². The van der Waals surface area contributed by atoms with Crippen molar-refractivity contribution in [2.45, 2.75) is 30.8 Å². The van der Waals surface area contributed by atoms with Gasteiger partial charge in [-0.3, -0.25) is 0 Å². The van der Waals surface area contributed by atoms with Gasteiger partial charge in [-0.05, 0) is 56.2 Å². The van der Waals surface area contributed by atoms with Gasteiger partial charge in [0.2, 0.25) is 0 Å². The summed E-state index contributed by atoms with van der Waals surface area (Å²) in [5, 5.41) is 11.4. The van der Waals surface area contributed by atoms with Crippen molar-refractivity contribution in [3.05, 3.63) is 83.2 Å². The van der Waals surface area contributed by atoms with E-state index in [4.69, 9.17) is 0 Å². The molecule has 0 fully saturated rings. The Morgan fingerprint density at radius 2 is 1.58 bits per heavy atom. The molecule has 0 amide bonds. The number of aryl methyl sites for hydroxylation is 2. The van der Waals surface area contributed by atoms with Crippen molar-refractivity contribution in [3.63, 3.8) is 0 Å². The third-order valence-electron chi connectivity index (χ3n) is 4.93. The molecule has 1 atom stereocenters. The highest BCUT2D eigenvalue weighted by Crippen LogP contribution is 2.44. The summed E-state index contributed by atoms with van der Waals surface area (Å²) in [5.74, 6) is 0.936. The molecule has 0 aliphatic carbocycles. The smallest absolute Gasteiger partial charge is 0.116 e. The Hall–Kier alpha value is -1.97. The predicted molar refractivity (Wildman–Crippen MR) is 100 cm³/mol. The van der Waals surface area contributed by atoms with Gasteiger partial charge in [-0.1, -0.05) is 30.3 Å². The molecule has 2 heterocycles. The lowest BCUT2D eigenvalue weighted by Crippen LogP contribution is -2.31. The lowest BCUT2D eigenvalue weighted by molar-refractivity contribution is 0.0731. The minimum Gasteiger partial charge on any atom is -0.380 e. The Kier molecular flexibility index (Phi) is 3.78. The monoisotopic (exact) mass is 335 g/mol. The average Bonchev–Trinajstić information content (AvgIpc) is 2.94. The van der Waals surface area contributed by atoms with Crippen LogP contribution in [0.1, 0.15) is 28.9 Å². The molecular formula is C21H21NOS. The van der Waals surface area contributed by atoms with E-state index in [2.05, 4.69) is 66.9 Å². The number of aliphatic hydroxyl groups is 1. The molecule has 0 spiro atoms. The second-order valence-electron chi connectivity index (χ2n) is 6.45. The van der Waals surface area contributed by atoms with Gasteiger partial charge in [0.05, 0.1) is 0 Å². The van der Waals surface area contributed by atoms with E-state index in [0.717, 1.165) is 29.0 Å². The SMILES string of the molecule is Cc1ccc(C)n1-c1ccc(C2(O)CCSc3ccccc32)cc1. The van der Waals surface area contributed by atoms with Crippen LogP contribution in [0.25, 0.3) is 5.69 Å².